The molecular weight excluding hydrogens is 604 g/mol. The Kier molecular flexibility index (Phi) is 8.68. The molecule has 1 aromatic heterocycles. The number of rotatable bonds is 7. The number of fused-ring (bicyclic) bond motifs is 1. The second kappa shape index (κ2) is 12.8. The number of pyridine rings is 1. The molecule has 3 aromatic rings. The molecule has 0 spiro atoms. The molecule has 2 saturated heterocycles. The van der Waals surface area contributed by atoms with Gasteiger partial charge in [-0.3, -0.25) is 14.6 Å². The minimum atomic E-state index is -1.21. The molecule has 3 atom stereocenters. The Balaban J connectivity index is 1.42. The van der Waals surface area contributed by atoms with E-state index in [-0.39, 0.29) is 5.91 Å². The lowest BCUT2D eigenvalue weighted by Gasteiger charge is -2.52. The van der Waals surface area contributed by atoms with Crippen molar-refractivity contribution in [2.24, 2.45) is 0 Å². The first-order valence-corrected chi connectivity index (χ1v) is 16.0. The summed E-state index contributed by atoms with van der Waals surface area (Å²) in [6.07, 6.45) is 2.20. The summed E-state index contributed by atoms with van der Waals surface area (Å²) >= 11 is 1.29. The average molecular weight is 639 g/mol. The number of amides is 3. The van der Waals surface area contributed by atoms with Crippen molar-refractivity contribution in [1.29, 1.82) is 0 Å². The predicted molar refractivity (Wildman–Crippen MR) is 173 cm³/mol. The molecule has 4 heterocycles. The van der Waals surface area contributed by atoms with E-state index < -0.39 is 47.1 Å². The maximum absolute atomic E-state index is 14.5. The van der Waals surface area contributed by atoms with Crippen LogP contribution >= 0.6 is 11.8 Å². The van der Waals surface area contributed by atoms with Crippen LogP contribution in [0.1, 0.15) is 50.0 Å². The number of carbonyl (C=O) groups is 4. The van der Waals surface area contributed by atoms with Gasteiger partial charge in [0.2, 0.25) is 11.8 Å². The Hall–Kier alpha value is -4.90. The van der Waals surface area contributed by atoms with Crippen molar-refractivity contribution >= 4 is 41.2 Å². The summed E-state index contributed by atoms with van der Waals surface area (Å²) in [5.41, 5.74) is 2.88. The second-order valence-electron chi connectivity index (χ2n) is 12.1. The number of alkyl carbamates (subject to hydrolysis) is 1. The molecule has 0 saturated carbocycles. The molecule has 6 rings (SSSR count). The van der Waals surface area contributed by atoms with Gasteiger partial charge in [-0.2, -0.15) is 0 Å². The molecular formula is C35H34N4O6S. The SMILES string of the molecule is CC(C)(C)OC(=O)N[C@@H]1C(=O)N2[C@@H](C(=O)OC(c3ccccc3)c3ccccc3)C(C(=C3CCNC3=O)c3cccnc3)=CS[C@H]12. The number of nitrogens with one attached hydrogen (secondary N) is 2. The summed E-state index contributed by atoms with van der Waals surface area (Å²) in [7, 11) is 0. The average Bonchev–Trinajstić information content (AvgIpc) is 3.47. The zero-order valence-corrected chi connectivity index (χ0v) is 26.5. The van der Waals surface area contributed by atoms with Crippen LogP contribution in [0, 0.1) is 0 Å². The van der Waals surface area contributed by atoms with E-state index >= 15 is 0 Å². The van der Waals surface area contributed by atoms with Crippen LogP contribution in [0.2, 0.25) is 0 Å². The number of ether oxygens (including phenoxy) is 2. The van der Waals surface area contributed by atoms with Gasteiger partial charge in [0.05, 0.1) is 0 Å². The fraction of sp³-hybridized carbons (Fsp3) is 0.286. The van der Waals surface area contributed by atoms with Gasteiger partial charge in [0.1, 0.15) is 17.0 Å². The quantitative estimate of drug-likeness (QED) is 0.216. The first-order valence-electron chi connectivity index (χ1n) is 15.0. The van der Waals surface area contributed by atoms with E-state index in [0.29, 0.717) is 35.2 Å². The lowest BCUT2D eigenvalue weighted by Crippen LogP contribution is -2.74. The summed E-state index contributed by atoms with van der Waals surface area (Å²) in [5, 5.41) is 6.72. The molecule has 236 valence electrons. The third-order valence-corrected chi connectivity index (χ3v) is 8.96. The zero-order chi connectivity index (χ0) is 32.4. The Labute approximate surface area is 271 Å². The number of aromatic nitrogens is 1. The molecule has 0 radical (unpaired) electrons. The van der Waals surface area contributed by atoms with Crippen LogP contribution in [-0.2, 0) is 23.9 Å². The maximum Gasteiger partial charge on any atom is 0.408 e. The number of hydrogen-bond donors (Lipinski definition) is 2. The van der Waals surface area contributed by atoms with Gasteiger partial charge in [-0.05, 0) is 55.4 Å². The predicted octanol–water partition coefficient (Wildman–Crippen LogP) is 4.75. The Bertz CT molecular complexity index is 1670. The van der Waals surface area contributed by atoms with Crippen LogP contribution in [0.15, 0.2) is 102 Å². The van der Waals surface area contributed by atoms with E-state index in [1.807, 2.05) is 66.7 Å². The molecule has 3 aliphatic rings. The third kappa shape index (κ3) is 6.28. The summed E-state index contributed by atoms with van der Waals surface area (Å²) in [6, 6.07) is 20.2. The van der Waals surface area contributed by atoms with Crippen molar-refractivity contribution in [2.45, 2.75) is 56.4 Å². The number of esters is 1. The second-order valence-corrected chi connectivity index (χ2v) is 13.1. The standard InChI is InChI=1S/C35H34N4O6S/c1-35(2,3)45-34(43)38-27-31(41)39-28(33(42)44-29(21-11-6-4-7-12-21)22-13-8-5-9-14-22)25(20-46-32(27)39)26(23-15-10-17-36-19-23)24-16-18-37-30(24)40/h4-15,17,19-20,27-29,32H,16,18H2,1-3H3,(H,37,40)(H,38,43)/t27-,28-,32-/m1/s1. The van der Waals surface area contributed by atoms with Crippen LogP contribution in [0.3, 0.4) is 0 Å². The highest BCUT2D eigenvalue weighted by Crippen LogP contribution is 2.46. The number of benzene rings is 2. The van der Waals surface area contributed by atoms with Gasteiger partial charge in [-0.15, -0.1) is 11.8 Å². The molecule has 3 aliphatic heterocycles. The molecule has 2 fully saturated rings. The van der Waals surface area contributed by atoms with Crippen LogP contribution in [0.4, 0.5) is 4.79 Å². The van der Waals surface area contributed by atoms with Crippen molar-refractivity contribution in [3.05, 3.63) is 118 Å². The molecule has 11 heteroatoms. The minimum absolute atomic E-state index is 0.246. The van der Waals surface area contributed by atoms with Gasteiger partial charge in [0.25, 0.3) is 0 Å². The molecule has 0 bridgehead atoms. The Morgan fingerprint density at radius 3 is 2.24 bits per heavy atom. The Morgan fingerprint density at radius 1 is 1.00 bits per heavy atom. The number of thioether (sulfide) groups is 1. The number of β-lactam (4-membered cyclic amide) rings is 1. The van der Waals surface area contributed by atoms with Crippen LogP contribution in [-0.4, -0.2) is 63.4 Å². The third-order valence-electron chi connectivity index (χ3n) is 7.80. The van der Waals surface area contributed by atoms with E-state index in [2.05, 4.69) is 15.6 Å². The van der Waals surface area contributed by atoms with Crippen molar-refractivity contribution < 1.29 is 28.7 Å². The normalized spacial score (nSPS) is 21.9. The van der Waals surface area contributed by atoms with E-state index in [1.165, 1.54) is 16.7 Å². The van der Waals surface area contributed by atoms with Gasteiger partial charge in [0, 0.05) is 35.6 Å². The zero-order valence-electron chi connectivity index (χ0n) is 25.6. The molecule has 46 heavy (non-hydrogen) atoms. The van der Waals surface area contributed by atoms with E-state index in [9.17, 15) is 19.2 Å². The first kappa shape index (κ1) is 31.1. The number of nitrogens with zero attached hydrogens (tertiary/aromatic N) is 2. The molecule has 10 nitrogen and oxygen atoms in total. The summed E-state index contributed by atoms with van der Waals surface area (Å²) in [6.45, 7) is 5.66. The molecule has 2 N–H and O–H groups in total. The van der Waals surface area contributed by atoms with E-state index in [1.54, 1.807) is 44.6 Å². The first-order chi connectivity index (χ1) is 22.1. The van der Waals surface area contributed by atoms with Crippen molar-refractivity contribution in [2.75, 3.05) is 6.54 Å². The van der Waals surface area contributed by atoms with Gasteiger partial charge >= 0.3 is 12.1 Å². The van der Waals surface area contributed by atoms with Crippen molar-refractivity contribution in [3.63, 3.8) is 0 Å². The fourth-order valence-electron chi connectivity index (χ4n) is 5.82. The van der Waals surface area contributed by atoms with Crippen molar-refractivity contribution in [1.82, 2.24) is 20.5 Å². The largest absolute Gasteiger partial charge is 0.451 e. The molecule has 0 aliphatic carbocycles. The van der Waals surface area contributed by atoms with E-state index in [0.717, 1.165) is 11.1 Å². The monoisotopic (exact) mass is 638 g/mol. The Morgan fingerprint density at radius 2 is 1.67 bits per heavy atom. The maximum atomic E-state index is 14.5. The van der Waals surface area contributed by atoms with Crippen LogP contribution in [0.25, 0.3) is 5.57 Å². The van der Waals surface area contributed by atoms with Gasteiger partial charge < -0.3 is 25.0 Å². The van der Waals surface area contributed by atoms with Gasteiger partial charge in [-0.1, -0.05) is 66.7 Å². The highest BCUT2D eigenvalue weighted by Gasteiger charge is 2.57. The van der Waals surface area contributed by atoms with Crippen molar-refractivity contribution in [3.8, 4) is 0 Å². The summed E-state index contributed by atoms with van der Waals surface area (Å²) in [4.78, 5) is 59.8. The molecule has 0 unspecified atom stereocenters. The highest BCUT2D eigenvalue weighted by atomic mass is 32.2. The highest BCUT2D eigenvalue weighted by molar-refractivity contribution is 8.03. The topological polar surface area (TPSA) is 127 Å². The van der Waals surface area contributed by atoms with E-state index in [4.69, 9.17) is 9.47 Å². The number of hydrogen-bond acceptors (Lipinski definition) is 8. The fourth-order valence-corrected chi connectivity index (χ4v) is 7.05. The van der Waals surface area contributed by atoms with Crippen LogP contribution in [0.5, 0.6) is 0 Å². The lowest BCUT2D eigenvalue weighted by atomic mass is 9.86. The number of carbonyl (C=O) groups excluding carboxylic acids is 4. The minimum Gasteiger partial charge on any atom is -0.451 e. The molecule has 3 amide bonds. The van der Waals surface area contributed by atoms with Gasteiger partial charge in [-0.25, -0.2) is 9.59 Å². The summed E-state index contributed by atoms with van der Waals surface area (Å²) in [5.74, 6) is -1.37. The van der Waals surface area contributed by atoms with Gasteiger partial charge in [0.15, 0.2) is 12.1 Å². The molecule has 2 aromatic carbocycles. The van der Waals surface area contributed by atoms with Crippen LogP contribution < -0.4 is 10.6 Å². The lowest BCUT2D eigenvalue weighted by molar-refractivity contribution is -0.164. The summed E-state index contributed by atoms with van der Waals surface area (Å²) < 4.78 is 11.7. The smallest absolute Gasteiger partial charge is 0.408 e.